The third-order valence-corrected chi connectivity index (χ3v) is 4.87. The number of anilines is 1. The molecule has 3 heterocycles. The lowest BCUT2D eigenvalue weighted by Gasteiger charge is -2.35. The van der Waals surface area contributed by atoms with E-state index in [1.165, 1.54) is 5.69 Å². The van der Waals surface area contributed by atoms with Crippen LogP contribution < -0.4 is 4.90 Å². The molecule has 4 rings (SSSR count). The smallest absolute Gasteiger partial charge is 0.165 e. The number of aromatic nitrogens is 4. The molecule has 2 aromatic rings. The average Bonchev–Trinajstić information content (AvgIpc) is 3.29. The number of tetrazole rings is 1. The minimum absolute atomic E-state index is 0.266. The second-order valence-corrected chi connectivity index (χ2v) is 6.51. The topological polar surface area (TPSA) is 59.3 Å². The lowest BCUT2D eigenvalue weighted by atomic mass is 10.2. The summed E-state index contributed by atoms with van der Waals surface area (Å²) in [6, 6.07) is 10.6. The van der Waals surface area contributed by atoms with Crippen molar-refractivity contribution in [3.05, 3.63) is 36.2 Å². The molecule has 2 saturated heterocycles. The van der Waals surface area contributed by atoms with Crippen LogP contribution in [0.2, 0.25) is 0 Å². The summed E-state index contributed by atoms with van der Waals surface area (Å²) in [5, 5.41) is 12.2. The molecule has 24 heavy (non-hydrogen) atoms. The Morgan fingerprint density at radius 2 is 1.92 bits per heavy atom. The van der Waals surface area contributed by atoms with Gasteiger partial charge in [0.1, 0.15) is 0 Å². The summed E-state index contributed by atoms with van der Waals surface area (Å²) in [6.45, 7) is 6.58. The van der Waals surface area contributed by atoms with Crippen LogP contribution in [0, 0.1) is 0 Å². The molecule has 1 aromatic carbocycles. The summed E-state index contributed by atoms with van der Waals surface area (Å²) in [6.07, 6.45) is 2.51. The molecule has 2 aliphatic rings. The maximum Gasteiger partial charge on any atom is 0.165 e. The summed E-state index contributed by atoms with van der Waals surface area (Å²) < 4.78 is 7.61. The van der Waals surface area contributed by atoms with Gasteiger partial charge in [-0.25, -0.2) is 4.68 Å². The van der Waals surface area contributed by atoms with Crippen LogP contribution in [0.4, 0.5) is 5.69 Å². The Hall–Kier alpha value is -1.99. The van der Waals surface area contributed by atoms with Crippen LogP contribution in [0.25, 0.3) is 0 Å². The number of para-hydroxylation sites is 1. The first-order chi connectivity index (χ1) is 11.9. The second-order valence-electron chi connectivity index (χ2n) is 6.51. The Labute approximate surface area is 142 Å². The highest BCUT2D eigenvalue weighted by molar-refractivity contribution is 5.46. The zero-order valence-corrected chi connectivity index (χ0v) is 13.9. The molecule has 0 N–H and O–H groups in total. The molecular formula is C17H24N6O. The van der Waals surface area contributed by atoms with E-state index in [1.807, 2.05) is 4.68 Å². The van der Waals surface area contributed by atoms with Gasteiger partial charge in [0, 0.05) is 38.5 Å². The zero-order valence-electron chi connectivity index (χ0n) is 13.9. The SMILES string of the molecule is c1ccc(N2CCN(Cc3nnnn3C[C@@H]3CCCO3)CC2)cc1. The lowest BCUT2D eigenvalue weighted by Crippen LogP contribution is -2.46. The van der Waals surface area contributed by atoms with E-state index >= 15 is 0 Å². The highest BCUT2D eigenvalue weighted by Gasteiger charge is 2.22. The predicted octanol–water partition coefficient (Wildman–Crippen LogP) is 1.17. The number of ether oxygens (including phenoxy) is 1. The molecule has 0 radical (unpaired) electrons. The monoisotopic (exact) mass is 328 g/mol. The molecule has 2 fully saturated rings. The van der Waals surface area contributed by atoms with Gasteiger partial charge in [-0.1, -0.05) is 18.2 Å². The van der Waals surface area contributed by atoms with E-state index in [9.17, 15) is 0 Å². The lowest BCUT2D eigenvalue weighted by molar-refractivity contribution is 0.0916. The van der Waals surface area contributed by atoms with Crippen LogP contribution in [0.15, 0.2) is 30.3 Å². The van der Waals surface area contributed by atoms with E-state index in [0.29, 0.717) is 0 Å². The molecule has 7 heteroatoms. The van der Waals surface area contributed by atoms with E-state index in [2.05, 4.69) is 55.7 Å². The van der Waals surface area contributed by atoms with Crippen LogP contribution in [0.1, 0.15) is 18.7 Å². The molecule has 1 atom stereocenters. The second kappa shape index (κ2) is 7.27. The largest absolute Gasteiger partial charge is 0.376 e. The number of piperazine rings is 1. The molecule has 128 valence electrons. The standard InChI is InChI=1S/C17H24N6O/c1-2-5-15(6-3-1)22-10-8-21(9-11-22)14-17-18-19-20-23(17)13-16-7-4-12-24-16/h1-3,5-6,16H,4,7-14H2/t16-/m0/s1. The molecule has 0 unspecified atom stereocenters. The van der Waals surface area contributed by atoms with E-state index in [-0.39, 0.29) is 6.10 Å². The predicted molar refractivity (Wildman–Crippen MR) is 90.7 cm³/mol. The molecule has 0 aliphatic carbocycles. The van der Waals surface area contributed by atoms with Crippen LogP contribution in [-0.2, 0) is 17.8 Å². The number of hydrogen-bond donors (Lipinski definition) is 0. The normalized spacial score (nSPS) is 22.2. The van der Waals surface area contributed by atoms with Crippen LogP contribution >= 0.6 is 0 Å². The van der Waals surface area contributed by atoms with E-state index in [4.69, 9.17) is 4.74 Å². The molecule has 1 aromatic heterocycles. The number of hydrogen-bond acceptors (Lipinski definition) is 6. The fourth-order valence-electron chi connectivity index (χ4n) is 3.46. The van der Waals surface area contributed by atoms with Gasteiger partial charge in [0.25, 0.3) is 0 Å². The van der Waals surface area contributed by atoms with E-state index in [0.717, 1.165) is 64.5 Å². The van der Waals surface area contributed by atoms with Gasteiger partial charge in [-0.15, -0.1) is 5.10 Å². The quantitative estimate of drug-likeness (QED) is 0.821. The Morgan fingerprint density at radius 1 is 1.08 bits per heavy atom. The average molecular weight is 328 g/mol. The first kappa shape index (κ1) is 15.5. The Balaban J connectivity index is 1.32. The number of benzene rings is 1. The van der Waals surface area contributed by atoms with Gasteiger partial charge in [0.2, 0.25) is 0 Å². The van der Waals surface area contributed by atoms with Gasteiger partial charge in [0.15, 0.2) is 5.82 Å². The van der Waals surface area contributed by atoms with E-state index < -0.39 is 0 Å². The highest BCUT2D eigenvalue weighted by Crippen LogP contribution is 2.17. The third-order valence-electron chi connectivity index (χ3n) is 4.87. The van der Waals surface area contributed by atoms with Crippen molar-refractivity contribution < 1.29 is 4.74 Å². The minimum Gasteiger partial charge on any atom is -0.376 e. The van der Waals surface area contributed by atoms with Gasteiger partial charge in [-0.05, 0) is 35.4 Å². The van der Waals surface area contributed by atoms with Gasteiger partial charge in [0.05, 0.1) is 19.2 Å². The van der Waals surface area contributed by atoms with Gasteiger partial charge < -0.3 is 9.64 Å². The van der Waals surface area contributed by atoms with Gasteiger partial charge in [-0.2, -0.15) is 0 Å². The molecule has 2 aliphatic heterocycles. The minimum atomic E-state index is 0.266. The summed E-state index contributed by atoms with van der Waals surface area (Å²) in [5.74, 6) is 0.943. The maximum atomic E-state index is 5.70. The molecule has 0 spiro atoms. The third kappa shape index (κ3) is 3.57. The highest BCUT2D eigenvalue weighted by atomic mass is 16.5. The zero-order chi connectivity index (χ0) is 16.2. The van der Waals surface area contributed by atoms with Crippen molar-refractivity contribution in [1.82, 2.24) is 25.1 Å². The van der Waals surface area contributed by atoms with Crippen molar-refractivity contribution in [2.75, 3.05) is 37.7 Å². The molecule has 0 bridgehead atoms. The first-order valence-corrected chi connectivity index (χ1v) is 8.77. The summed E-state index contributed by atoms with van der Waals surface area (Å²) in [7, 11) is 0. The molecule has 7 nitrogen and oxygen atoms in total. The molecular weight excluding hydrogens is 304 g/mol. The maximum absolute atomic E-state index is 5.70. The summed E-state index contributed by atoms with van der Waals surface area (Å²) >= 11 is 0. The van der Waals surface area contributed by atoms with Crippen molar-refractivity contribution in [2.24, 2.45) is 0 Å². The van der Waals surface area contributed by atoms with Crippen molar-refractivity contribution in [2.45, 2.75) is 32.0 Å². The van der Waals surface area contributed by atoms with Crippen LogP contribution in [0.5, 0.6) is 0 Å². The van der Waals surface area contributed by atoms with Crippen LogP contribution in [0.3, 0.4) is 0 Å². The number of rotatable bonds is 5. The van der Waals surface area contributed by atoms with Crippen LogP contribution in [-0.4, -0.2) is 64.0 Å². The summed E-state index contributed by atoms with van der Waals surface area (Å²) in [4.78, 5) is 4.86. The summed E-state index contributed by atoms with van der Waals surface area (Å²) in [5.41, 5.74) is 1.31. The van der Waals surface area contributed by atoms with Crippen molar-refractivity contribution in [3.8, 4) is 0 Å². The number of nitrogens with zero attached hydrogens (tertiary/aromatic N) is 6. The van der Waals surface area contributed by atoms with Gasteiger partial charge >= 0.3 is 0 Å². The Kier molecular flexibility index (Phi) is 4.71. The van der Waals surface area contributed by atoms with E-state index in [1.54, 1.807) is 0 Å². The fraction of sp³-hybridized carbons (Fsp3) is 0.588. The van der Waals surface area contributed by atoms with Crippen molar-refractivity contribution in [1.29, 1.82) is 0 Å². The van der Waals surface area contributed by atoms with Gasteiger partial charge in [-0.3, -0.25) is 4.90 Å². The van der Waals surface area contributed by atoms with Crippen molar-refractivity contribution in [3.63, 3.8) is 0 Å². The first-order valence-electron chi connectivity index (χ1n) is 8.77. The Bertz CT molecular complexity index is 632. The van der Waals surface area contributed by atoms with Crippen molar-refractivity contribution >= 4 is 5.69 Å². The Morgan fingerprint density at radius 3 is 2.67 bits per heavy atom. The fourth-order valence-corrected chi connectivity index (χ4v) is 3.46. The molecule has 0 amide bonds. The molecule has 0 saturated carbocycles.